The van der Waals surface area contributed by atoms with Crippen molar-refractivity contribution in [3.63, 3.8) is 0 Å². The van der Waals surface area contributed by atoms with E-state index in [9.17, 15) is 4.79 Å². The van der Waals surface area contributed by atoms with E-state index < -0.39 is 0 Å². The highest BCUT2D eigenvalue weighted by Gasteiger charge is 2.18. The molecule has 1 saturated heterocycles. The third-order valence-corrected chi connectivity index (χ3v) is 4.93. The van der Waals surface area contributed by atoms with E-state index in [-0.39, 0.29) is 5.91 Å². The highest BCUT2D eigenvalue weighted by molar-refractivity contribution is 6.34. The maximum atomic E-state index is 12.7. The van der Waals surface area contributed by atoms with Crippen LogP contribution in [0.1, 0.15) is 23.2 Å². The van der Waals surface area contributed by atoms with Crippen LogP contribution in [0.15, 0.2) is 42.5 Å². The van der Waals surface area contributed by atoms with Crippen molar-refractivity contribution >= 4 is 29.1 Å². The molecule has 0 saturated carbocycles. The van der Waals surface area contributed by atoms with Gasteiger partial charge >= 0.3 is 0 Å². The summed E-state index contributed by atoms with van der Waals surface area (Å²) in [6.07, 6.45) is 2.19. The second-order valence-electron chi connectivity index (χ2n) is 6.08. The Morgan fingerprint density at radius 3 is 2.62 bits per heavy atom. The minimum absolute atomic E-state index is 0.0917. The Balaban J connectivity index is 1.82. The molecule has 0 bridgehead atoms. The Morgan fingerprint density at radius 2 is 1.88 bits per heavy atom. The molecule has 1 amide bonds. The lowest BCUT2D eigenvalue weighted by Gasteiger charge is -2.23. The highest BCUT2D eigenvalue weighted by atomic mass is 35.5. The molecule has 0 unspecified atom stereocenters. The summed E-state index contributed by atoms with van der Waals surface area (Å²) in [5.74, 6) is 0.440. The number of halogens is 2. The number of benzene rings is 2. The van der Waals surface area contributed by atoms with E-state index in [1.807, 2.05) is 18.2 Å². The predicted octanol–water partition coefficient (Wildman–Crippen LogP) is 4.39. The quantitative estimate of drug-likeness (QED) is 0.846. The Bertz CT molecular complexity index is 727. The molecule has 1 aliphatic heterocycles. The number of rotatable bonds is 4. The number of carbonyl (C=O) groups excluding carboxylic acids is 1. The average molecular weight is 363 g/mol. The van der Waals surface area contributed by atoms with Crippen LogP contribution >= 0.6 is 23.2 Å². The molecule has 24 heavy (non-hydrogen) atoms. The molecule has 3 rings (SSSR count). The molecule has 0 spiro atoms. The van der Waals surface area contributed by atoms with Crippen molar-refractivity contribution in [2.45, 2.75) is 12.8 Å². The minimum Gasteiger partial charge on any atom is -0.352 e. The molecule has 5 heteroatoms. The first kappa shape index (κ1) is 17.3. The van der Waals surface area contributed by atoms with Crippen LogP contribution in [0.5, 0.6) is 0 Å². The molecule has 1 fully saturated rings. The van der Waals surface area contributed by atoms with Gasteiger partial charge in [0.1, 0.15) is 0 Å². The largest absolute Gasteiger partial charge is 0.352 e. The van der Waals surface area contributed by atoms with E-state index in [1.54, 1.807) is 24.3 Å². The number of hydrogen-bond acceptors (Lipinski definition) is 2. The smallest absolute Gasteiger partial charge is 0.251 e. The first-order valence-corrected chi connectivity index (χ1v) is 8.94. The molecule has 0 aliphatic carbocycles. The summed E-state index contributed by atoms with van der Waals surface area (Å²) in [5.41, 5.74) is 2.16. The lowest BCUT2D eigenvalue weighted by molar-refractivity contribution is 0.0945. The summed E-state index contributed by atoms with van der Waals surface area (Å²) in [7, 11) is 0. The second-order valence-corrected chi connectivity index (χ2v) is 6.92. The van der Waals surface area contributed by atoms with Gasteiger partial charge in [0, 0.05) is 27.7 Å². The third kappa shape index (κ3) is 4.10. The van der Waals surface area contributed by atoms with Crippen LogP contribution < -0.4 is 10.6 Å². The van der Waals surface area contributed by atoms with Crippen LogP contribution in [0.3, 0.4) is 0 Å². The molecule has 0 radical (unpaired) electrons. The highest BCUT2D eigenvalue weighted by Crippen LogP contribution is 2.32. The topological polar surface area (TPSA) is 41.1 Å². The van der Waals surface area contributed by atoms with E-state index in [1.165, 1.54) is 0 Å². The number of carbonyl (C=O) groups is 1. The number of amides is 1. The van der Waals surface area contributed by atoms with Gasteiger partial charge in [-0.05, 0) is 61.7 Å². The SMILES string of the molecule is O=C(NCC1CCNCC1)c1cccc(Cl)c1-c1cccc(Cl)c1. The van der Waals surface area contributed by atoms with Crippen LogP contribution in [0.2, 0.25) is 10.0 Å². The fourth-order valence-electron chi connectivity index (χ4n) is 3.07. The molecule has 3 nitrogen and oxygen atoms in total. The number of hydrogen-bond donors (Lipinski definition) is 2. The van der Waals surface area contributed by atoms with Crippen molar-refractivity contribution in [2.75, 3.05) is 19.6 Å². The Labute approximate surface area is 152 Å². The van der Waals surface area contributed by atoms with Crippen molar-refractivity contribution in [2.24, 2.45) is 5.92 Å². The molecular weight excluding hydrogens is 343 g/mol. The molecule has 126 valence electrons. The lowest BCUT2D eigenvalue weighted by Crippen LogP contribution is -2.36. The molecule has 0 aromatic heterocycles. The van der Waals surface area contributed by atoms with Crippen LogP contribution in [0.25, 0.3) is 11.1 Å². The van der Waals surface area contributed by atoms with Crippen molar-refractivity contribution in [1.29, 1.82) is 0 Å². The van der Waals surface area contributed by atoms with Gasteiger partial charge < -0.3 is 10.6 Å². The summed E-state index contributed by atoms with van der Waals surface area (Å²) >= 11 is 12.5. The van der Waals surface area contributed by atoms with Gasteiger partial charge in [0.15, 0.2) is 0 Å². The molecule has 1 aliphatic rings. The second kappa shape index (κ2) is 8.02. The summed E-state index contributed by atoms with van der Waals surface area (Å²) in [5, 5.41) is 7.56. The van der Waals surface area contributed by atoms with Crippen LogP contribution in [0, 0.1) is 5.92 Å². The molecule has 2 aromatic rings. The standard InChI is InChI=1S/C19H20Cl2N2O/c20-15-4-1-3-14(11-15)18-16(5-2-6-17(18)21)19(24)23-12-13-7-9-22-10-8-13/h1-6,11,13,22H,7-10,12H2,(H,23,24). The first-order chi connectivity index (χ1) is 11.6. The van der Waals surface area contributed by atoms with Crippen molar-refractivity contribution in [3.05, 3.63) is 58.1 Å². The van der Waals surface area contributed by atoms with Gasteiger partial charge in [-0.25, -0.2) is 0 Å². The minimum atomic E-state index is -0.0917. The van der Waals surface area contributed by atoms with Crippen molar-refractivity contribution < 1.29 is 4.79 Å². The molecule has 1 heterocycles. The molecule has 0 atom stereocenters. The fourth-order valence-corrected chi connectivity index (χ4v) is 3.54. The van der Waals surface area contributed by atoms with Gasteiger partial charge in [0.2, 0.25) is 0 Å². The Morgan fingerprint density at radius 1 is 1.12 bits per heavy atom. The fraction of sp³-hybridized carbons (Fsp3) is 0.316. The van der Waals surface area contributed by atoms with Crippen molar-refractivity contribution in [1.82, 2.24) is 10.6 Å². The van der Waals surface area contributed by atoms with Gasteiger partial charge in [-0.2, -0.15) is 0 Å². The molecule has 2 N–H and O–H groups in total. The van der Waals surface area contributed by atoms with Gasteiger partial charge in [0.25, 0.3) is 5.91 Å². The number of nitrogens with one attached hydrogen (secondary N) is 2. The van der Waals surface area contributed by atoms with E-state index in [4.69, 9.17) is 23.2 Å². The van der Waals surface area contributed by atoms with E-state index >= 15 is 0 Å². The maximum Gasteiger partial charge on any atom is 0.251 e. The zero-order chi connectivity index (χ0) is 16.9. The summed E-state index contributed by atoms with van der Waals surface area (Å²) in [6, 6.07) is 12.8. The third-order valence-electron chi connectivity index (χ3n) is 4.38. The van der Waals surface area contributed by atoms with Crippen LogP contribution in [-0.4, -0.2) is 25.5 Å². The first-order valence-electron chi connectivity index (χ1n) is 8.18. The zero-order valence-electron chi connectivity index (χ0n) is 13.3. The van der Waals surface area contributed by atoms with E-state index in [0.29, 0.717) is 28.1 Å². The number of piperidine rings is 1. The summed E-state index contributed by atoms with van der Waals surface area (Å²) < 4.78 is 0. The lowest BCUT2D eigenvalue weighted by atomic mass is 9.97. The Hall–Kier alpha value is -1.55. The van der Waals surface area contributed by atoms with Crippen LogP contribution in [-0.2, 0) is 0 Å². The summed E-state index contributed by atoms with van der Waals surface area (Å²) in [6.45, 7) is 2.74. The molecule has 2 aromatic carbocycles. The maximum absolute atomic E-state index is 12.7. The monoisotopic (exact) mass is 362 g/mol. The van der Waals surface area contributed by atoms with Crippen LogP contribution in [0.4, 0.5) is 0 Å². The van der Waals surface area contributed by atoms with Gasteiger partial charge in [-0.15, -0.1) is 0 Å². The van der Waals surface area contributed by atoms with Gasteiger partial charge in [-0.3, -0.25) is 4.79 Å². The van der Waals surface area contributed by atoms with Gasteiger partial charge in [0.05, 0.1) is 0 Å². The molecular formula is C19H20Cl2N2O. The predicted molar refractivity (Wildman–Crippen MR) is 99.8 cm³/mol. The van der Waals surface area contributed by atoms with Gasteiger partial charge in [-0.1, -0.05) is 41.4 Å². The summed E-state index contributed by atoms with van der Waals surface area (Å²) in [4.78, 5) is 12.7. The zero-order valence-corrected chi connectivity index (χ0v) is 14.8. The van der Waals surface area contributed by atoms with E-state index in [2.05, 4.69) is 10.6 Å². The average Bonchev–Trinajstić information content (AvgIpc) is 2.60. The Kier molecular flexibility index (Phi) is 5.77. The normalized spacial score (nSPS) is 15.2. The van der Waals surface area contributed by atoms with Crippen molar-refractivity contribution in [3.8, 4) is 11.1 Å². The van der Waals surface area contributed by atoms with E-state index in [0.717, 1.165) is 37.1 Å².